The average molecular weight is 420 g/mol. The van der Waals surface area contributed by atoms with Crippen molar-refractivity contribution in [3.8, 4) is 5.19 Å². The number of halogens is 2. The van der Waals surface area contributed by atoms with E-state index in [0.29, 0.717) is 24.7 Å². The standard InChI is InChI=1S/C15H15ClFN3O4S2/c16-12-7-11(1-2-13(12)17)26(22,23)19-8-14(21)20-5-3-10(9-20)24-15-18-4-6-25-15/h1-2,4,6-7,10,19H,3,5,8-9H2. The quantitative estimate of drug-likeness (QED) is 0.772. The number of nitrogens with one attached hydrogen (secondary N) is 1. The van der Waals surface area contributed by atoms with Crippen LogP contribution in [0.25, 0.3) is 0 Å². The van der Waals surface area contributed by atoms with Gasteiger partial charge in [0.2, 0.25) is 15.9 Å². The first-order chi connectivity index (χ1) is 12.3. The number of rotatable bonds is 6. The third-order valence-electron chi connectivity index (χ3n) is 3.79. The van der Waals surface area contributed by atoms with E-state index in [2.05, 4.69) is 9.71 Å². The number of carbonyl (C=O) groups is 1. The van der Waals surface area contributed by atoms with Crippen molar-refractivity contribution in [1.82, 2.24) is 14.6 Å². The molecule has 1 aliphatic rings. The molecule has 26 heavy (non-hydrogen) atoms. The maximum Gasteiger partial charge on any atom is 0.273 e. The molecule has 0 saturated carbocycles. The van der Waals surface area contributed by atoms with Gasteiger partial charge < -0.3 is 9.64 Å². The molecule has 1 N–H and O–H groups in total. The summed E-state index contributed by atoms with van der Waals surface area (Å²) >= 11 is 6.97. The molecule has 1 aromatic heterocycles. The SMILES string of the molecule is O=C(CNS(=O)(=O)c1ccc(F)c(Cl)c1)N1CCC(Oc2nccs2)C1. The Balaban J connectivity index is 1.54. The highest BCUT2D eigenvalue weighted by atomic mass is 35.5. The van der Waals surface area contributed by atoms with Gasteiger partial charge in [0.1, 0.15) is 11.9 Å². The molecule has 0 aliphatic carbocycles. The highest BCUT2D eigenvalue weighted by Crippen LogP contribution is 2.21. The van der Waals surface area contributed by atoms with Gasteiger partial charge in [0.15, 0.2) is 0 Å². The van der Waals surface area contributed by atoms with Gasteiger partial charge in [-0.1, -0.05) is 22.9 Å². The molecule has 0 spiro atoms. The van der Waals surface area contributed by atoms with Crippen LogP contribution in [-0.4, -0.2) is 49.9 Å². The summed E-state index contributed by atoms with van der Waals surface area (Å²) in [7, 11) is -3.97. The van der Waals surface area contributed by atoms with Gasteiger partial charge in [-0.2, -0.15) is 0 Å². The molecule has 3 rings (SSSR count). The van der Waals surface area contributed by atoms with Gasteiger partial charge in [0.25, 0.3) is 5.19 Å². The predicted octanol–water partition coefficient (Wildman–Crippen LogP) is 1.89. The minimum atomic E-state index is -3.97. The van der Waals surface area contributed by atoms with Gasteiger partial charge in [0, 0.05) is 24.5 Å². The molecule has 0 bridgehead atoms. The van der Waals surface area contributed by atoms with E-state index in [1.807, 2.05) is 0 Å². The van der Waals surface area contributed by atoms with Crippen LogP contribution in [0.5, 0.6) is 5.19 Å². The number of benzene rings is 1. The van der Waals surface area contributed by atoms with E-state index in [0.717, 1.165) is 18.2 Å². The first kappa shape index (κ1) is 19.0. The number of carbonyl (C=O) groups excluding carboxylic acids is 1. The molecular weight excluding hydrogens is 405 g/mol. The van der Waals surface area contributed by atoms with Gasteiger partial charge in [-0.15, -0.1) is 0 Å². The van der Waals surface area contributed by atoms with Crippen molar-refractivity contribution in [3.05, 3.63) is 40.6 Å². The average Bonchev–Trinajstić information content (AvgIpc) is 3.27. The van der Waals surface area contributed by atoms with Crippen LogP contribution in [0.1, 0.15) is 6.42 Å². The van der Waals surface area contributed by atoms with E-state index < -0.39 is 22.4 Å². The Hall–Kier alpha value is -1.75. The molecular formula is C15H15ClFN3O4S2. The van der Waals surface area contributed by atoms with Crippen molar-refractivity contribution in [3.63, 3.8) is 0 Å². The molecule has 1 amide bonds. The molecule has 1 unspecified atom stereocenters. The van der Waals surface area contributed by atoms with E-state index in [1.54, 1.807) is 11.6 Å². The maximum atomic E-state index is 13.2. The lowest BCUT2D eigenvalue weighted by molar-refractivity contribution is -0.129. The number of ether oxygens (including phenoxy) is 1. The lowest BCUT2D eigenvalue weighted by atomic mass is 10.3. The van der Waals surface area contributed by atoms with Gasteiger partial charge in [-0.05, 0) is 18.2 Å². The highest BCUT2D eigenvalue weighted by Gasteiger charge is 2.29. The molecule has 1 aromatic carbocycles. The third-order valence-corrected chi connectivity index (χ3v) is 6.14. The molecule has 1 saturated heterocycles. The number of hydrogen-bond donors (Lipinski definition) is 1. The maximum absolute atomic E-state index is 13.2. The minimum absolute atomic E-state index is 0.169. The van der Waals surface area contributed by atoms with Crippen molar-refractivity contribution >= 4 is 38.9 Å². The Bertz CT molecular complexity index is 892. The van der Waals surface area contributed by atoms with Crippen LogP contribution >= 0.6 is 22.9 Å². The number of likely N-dealkylation sites (tertiary alicyclic amines) is 1. The Kier molecular flexibility index (Phi) is 5.76. The van der Waals surface area contributed by atoms with Crippen molar-refractivity contribution in [2.45, 2.75) is 17.4 Å². The molecule has 2 heterocycles. The lowest BCUT2D eigenvalue weighted by Crippen LogP contribution is -2.39. The molecule has 140 valence electrons. The van der Waals surface area contributed by atoms with Crippen molar-refractivity contribution in [2.75, 3.05) is 19.6 Å². The summed E-state index contributed by atoms with van der Waals surface area (Å²) in [6, 6.07) is 3.04. The van der Waals surface area contributed by atoms with Crippen LogP contribution in [0.4, 0.5) is 4.39 Å². The van der Waals surface area contributed by atoms with E-state index in [-0.39, 0.29) is 21.9 Å². The second-order valence-corrected chi connectivity index (χ2v) is 8.60. The summed E-state index contributed by atoms with van der Waals surface area (Å²) in [5.41, 5.74) is 0. The van der Waals surface area contributed by atoms with Gasteiger partial charge in [0.05, 0.1) is 23.0 Å². The van der Waals surface area contributed by atoms with E-state index in [1.165, 1.54) is 16.2 Å². The van der Waals surface area contributed by atoms with Gasteiger partial charge in [-0.25, -0.2) is 22.5 Å². The van der Waals surface area contributed by atoms with Crippen molar-refractivity contribution < 1.29 is 22.3 Å². The van der Waals surface area contributed by atoms with Crippen molar-refractivity contribution in [2.24, 2.45) is 0 Å². The number of aromatic nitrogens is 1. The fourth-order valence-corrected chi connectivity index (χ4v) is 4.26. The summed E-state index contributed by atoms with van der Waals surface area (Å²) < 4.78 is 45.4. The smallest absolute Gasteiger partial charge is 0.273 e. The highest BCUT2D eigenvalue weighted by molar-refractivity contribution is 7.89. The summed E-state index contributed by atoms with van der Waals surface area (Å²) in [5, 5.41) is 2.03. The molecule has 1 aliphatic heterocycles. The number of thiazole rings is 1. The second-order valence-electron chi connectivity index (χ2n) is 5.57. The summed E-state index contributed by atoms with van der Waals surface area (Å²) in [6.45, 7) is 0.433. The molecule has 0 radical (unpaired) electrons. The number of hydrogen-bond acceptors (Lipinski definition) is 6. The Morgan fingerprint density at radius 1 is 1.50 bits per heavy atom. The fourth-order valence-electron chi connectivity index (χ4n) is 2.46. The van der Waals surface area contributed by atoms with Gasteiger partial charge in [-0.3, -0.25) is 4.79 Å². The first-order valence-corrected chi connectivity index (χ1v) is 10.4. The normalized spacial score (nSPS) is 17.5. The largest absolute Gasteiger partial charge is 0.465 e. The molecule has 2 aromatic rings. The third kappa shape index (κ3) is 4.50. The summed E-state index contributed by atoms with van der Waals surface area (Å²) in [6.07, 6.45) is 2.11. The number of sulfonamides is 1. The Morgan fingerprint density at radius 3 is 3.00 bits per heavy atom. The second kappa shape index (κ2) is 7.87. The predicted molar refractivity (Wildman–Crippen MR) is 94.3 cm³/mol. The van der Waals surface area contributed by atoms with E-state index in [4.69, 9.17) is 16.3 Å². The Morgan fingerprint density at radius 2 is 2.31 bits per heavy atom. The fraction of sp³-hybridized carbons (Fsp3) is 0.333. The molecule has 7 nitrogen and oxygen atoms in total. The van der Waals surface area contributed by atoms with E-state index >= 15 is 0 Å². The monoisotopic (exact) mass is 419 g/mol. The van der Waals surface area contributed by atoms with Crippen LogP contribution in [-0.2, 0) is 14.8 Å². The van der Waals surface area contributed by atoms with E-state index in [9.17, 15) is 17.6 Å². The van der Waals surface area contributed by atoms with Crippen LogP contribution in [0.15, 0.2) is 34.7 Å². The molecule has 1 atom stereocenters. The topological polar surface area (TPSA) is 88.6 Å². The zero-order chi connectivity index (χ0) is 18.7. The van der Waals surface area contributed by atoms with Crippen molar-refractivity contribution in [1.29, 1.82) is 0 Å². The number of amides is 1. The van der Waals surface area contributed by atoms with Crippen LogP contribution in [0, 0.1) is 5.82 Å². The molecule has 1 fully saturated rings. The number of nitrogens with zero attached hydrogens (tertiary/aromatic N) is 2. The lowest BCUT2D eigenvalue weighted by Gasteiger charge is -2.17. The Labute approximate surface area is 158 Å². The van der Waals surface area contributed by atoms with Crippen LogP contribution in [0.3, 0.4) is 0 Å². The minimum Gasteiger partial charge on any atom is -0.465 e. The first-order valence-electron chi connectivity index (χ1n) is 7.64. The van der Waals surface area contributed by atoms with Gasteiger partial charge >= 0.3 is 0 Å². The zero-order valence-electron chi connectivity index (χ0n) is 13.4. The summed E-state index contributed by atoms with van der Waals surface area (Å²) in [5.74, 6) is -1.09. The van der Waals surface area contributed by atoms with Crippen LogP contribution < -0.4 is 9.46 Å². The summed E-state index contributed by atoms with van der Waals surface area (Å²) in [4.78, 5) is 17.6. The molecule has 11 heteroatoms. The van der Waals surface area contributed by atoms with Crippen LogP contribution in [0.2, 0.25) is 5.02 Å². The zero-order valence-corrected chi connectivity index (χ0v) is 15.8.